The van der Waals surface area contributed by atoms with Gasteiger partial charge in [-0.1, -0.05) is 29.8 Å². The fourth-order valence-corrected chi connectivity index (χ4v) is 3.66. The van der Waals surface area contributed by atoms with Gasteiger partial charge in [-0.2, -0.15) is 8.42 Å². The third-order valence-corrected chi connectivity index (χ3v) is 5.60. The normalized spacial score (nSPS) is 18.5. The Labute approximate surface area is 186 Å². The van der Waals surface area contributed by atoms with Gasteiger partial charge in [0.1, 0.15) is 0 Å². The molecule has 0 saturated carbocycles. The summed E-state index contributed by atoms with van der Waals surface area (Å²) in [6.45, 7) is 3.10. The topological polar surface area (TPSA) is 118 Å². The van der Waals surface area contributed by atoms with Crippen molar-refractivity contribution >= 4 is 21.7 Å². The maximum Gasteiger partial charge on any atom is 0.261 e. The number of aliphatic hydroxyl groups excluding tert-OH is 1. The van der Waals surface area contributed by atoms with Crippen LogP contribution in [0.1, 0.15) is 37.0 Å². The standard InChI is InChI=1S/C20H23ClFNO3.CH4O3S/c1-13(19(25)14-2-7-18(24)17(22)12-14)23-10-8-20(26,9-11-23)15-3-5-16(21)6-4-15;1-5(2,3)4/h2-7,12-13,19,24-26H,8-11H2,1H3;1H3,(H,2,3,4)/t13-,19+;/m1./s1. The molecule has 1 saturated heterocycles. The number of piperidine rings is 1. The third kappa shape index (κ3) is 7.41. The zero-order valence-corrected chi connectivity index (χ0v) is 18.8. The molecule has 1 aliphatic heterocycles. The van der Waals surface area contributed by atoms with E-state index in [1.54, 1.807) is 12.1 Å². The molecule has 10 heteroatoms. The van der Waals surface area contributed by atoms with Gasteiger partial charge in [0.25, 0.3) is 10.1 Å². The molecule has 172 valence electrons. The molecule has 2 aromatic rings. The van der Waals surface area contributed by atoms with Crippen LogP contribution in [0.5, 0.6) is 5.75 Å². The van der Waals surface area contributed by atoms with Crippen LogP contribution in [0.4, 0.5) is 4.39 Å². The number of hydrogen-bond donors (Lipinski definition) is 4. The summed E-state index contributed by atoms with van der Waals surface area (Å²) in [7, 11) is -3.67. The van der Waals surface area contributed by atoms with E-state index in [2.05, 4.69) is 4.90 Å². The molecule has 0 bridgehead atoms. The Morgan fingerprint density at radius 3 is 2.13 bits per heavy atom. The van der Waals surface area contributed by atoms with Gasteiger partial charge in [0, 0.05) is 24.2 Å². The van der Waals surface area contributed by atoms with Crippen molar-refractivity contribution in [1.29, 1.82) is 0 Å². The van der Waals surface area contributed by atoms with Crippen LogP contribution in [-0.4, -0.2) is 58.6 Å². The fourth-order valence-electron chi connectivity index (χ4n) is 3.54. The first kappa shape index (κ1) is 25.5. The molecule has 1 fully saturated rings. The quantitative estimate of drug-likeness (QED) is 0.502. The summed E-state index contributed by atoms with van der Waals surface area (Å²) in [4.78, 5) is 2.08. The number of aliphatic hydroxyl groups is 2. The molecule has 2 aromatic carbocycles. The van der Waals surface area contributed by atoms with Crippen LogP contribution in [0.15, 0.2) is 42.5 Å². The predicted octanol–water partition coefficient (Wildman–Crippen LogP) is 3.09. The van der Waals surface area contributed by atoms with Gasteiger partial charge in [-0.15, -0.1) is 0 Å². The van der Waals surface area contributed by atoms with Gasteiger partial charge >= 0.3 is 0 Å². The van der Waals surface area contributed by atoms with E-state index >= 15 is 0 Å². The molecule has 0 amide bonds. The van der Waals surface area contributed by atoms with Crippen LogP contribution < -0.4 is 0 Å². The largest absolute Gasteiger partial charge is 0.505 e. The molecule has 3 rings (SSSR count). The Morgan fingerprint density at radius 2 is 1.65 bits per heavy atom. The van der Waals surface area contributed by atoms with Crippen LogP contribution in [0.3, 0.4) is 0 Å². The minimum absolute atomic E-state index is 0.242. The summed E-state index contributed by atoms with van der Waals surface area (Å²) < 4.78 is 39.4. The number of phenols is 1. The maximum atomic E-state index is 13.5. The number of hydrogen-bond acceptors (Lipinski definition) is 6. The molecule has 7 nitrogen and oxygen atoms in total. The highest BCUT2D eigenvalue weighted by Crippen LogP contribution is 2.35. The SMILES string of the molecule is CS(=O)(=O)O.C[C@H]([C@H](O)c1ccc(O)c(F)c1)N1CCC(O)(c2ccc(Cl)cc2)CC1. The van der Waals surface area contributed by atoms with Crippen molar-refractivity contribution < 1.29 is 32.7 Å². The van der Waals surface area contributed by atoms with Gasteiger partial charge in [-0.05, 0) is 55.2 Å². The van der Waals surface area contributed by atoms with E-state index in [1.807, 2.05) is 19.1 Å². The van der Waals surface area contributed by atoms with E-state index in [1.165, 1.54) is 12.1 Å². The second-order valence-electron chi connectivity index (χ2n) is 7.70. The highest BCUT2D eigenvalue weighted by Gasteiger charge is 2.36. The Morgan fingerprint density at radius 1 is 1.13 bits per heavy atom. The smallest absolute Gasteiger partial charge is 0.261 e. The lowest BCUT2D eigenvalue weighted by atomic mass is 9.83. The van der Waals surface area contributed by atoms with E-state index in [0.717, 1.165) is 11.6 Å². The van der Waals surface area contributed by atoms with E-state index in [4.69, 9.17) is 16.2 Å². The third-order valence-electron chi connectivity index (χ3n) is 5.35. The minimum atomic E-state index is -3.67. The maximum absolute atomic E-state index is 13.5. The zero-order chi connectivity index (χ0) is 23.4. The fraction of sp³-hybridized carbons (Fsp3) is 0.429. The summed E-state index contributed by atoms with van der Waals surface area (Å²) in [6, 6.07) is 10.9. The van der Waals surface area contributed by atoms with E-state index < -0.39 is 33.4 Å². The molecular weight excluding hydrogens is 449 g/mol. The van der Waals surface area contributed by atoms with Crippen molar-refractivity contribution in [2.24, 2.45) is 0 Å². The Balaban J connectivity index is 0.000000614. The summed E-state index contributed by atoms with van der Waals surface area (Å²) in [6.07, 6.45) is 0.907. The van der Waals surface area contributed by atoms with Crippen LogP contribution in [0, 0.1) is 5.82 Å². The molecule has 0 aliphatic carbocycles. The van der Waals surface area contributed by atoms with Crippen molar-refractivity contribution in [3.8, 4) is 5.75 Å². The first-order chi connectivity index (χ1) is 14.3. The molecule has 0 radical (unpaired) electrons. The molecule has 31 heavy (non-hydrogen) atoms. The van der Waals surface area contributed by atoms with Gasteiger partial charge in [-0.3, -0.25) is 9.45 Å². The van der Waals surface area contributed by atoms with Crippen molar-refractivity contribution in [3.05, 3.63) is 64.4 Å². The average molecular weight is 476 g/mol. The molecular formula is C21H27ClFNO6S. The number of rotatable bonds is 4. The van der Waals surface area contributed by atoms with Crippen LogP contribution >= 0.6 is 11.6 Å². The number of halogens is 2. The number of phenolic OH excluding ortho intramolecular Hbond substituents is 1. The highest BCUT2D eigenvalue weighted by atomic mass is 35.5. The molecule has 0 spiro atoms. The second-order valence-corrected chi connectivity index (χ2v) is 9.61. The number of benzene rings is 2. The predicted molar refractivity (Wildman–Crippen MR) is 116 cm³/mol. The second kappa shape index (κ2) is 10.2. The summed E-state index contributed by atoms with van der Waals surface area (Å²) in [5, 5.41) is 31.4. The van der Waals surface area contributed by atoms with Crippen molar-refractivity contribution in [3.63, 3.8) is 0 Å². The Hall–Kier alpha value is -1.75. The van der Waals surface area contributed by atoms with Crippen LogP contribution in [0.25, 0.3) is 0 Å². The first-order valence-electron chi connectivity index (χ1n) is 9.61. The summed E-state index contributed by atoms with van der Waals surface area (Å²) in [5.41, 5.74) is 0.359. The number of likely N-dealkylation sites (tertiary alicyclic amines) is 1. The number of nitrogens with zero attached hydrogens (tertiary/aromatic N) is 1. The highest BCUT2D eigenvalue weighted by molar-refractivity contribution is 7.85. The van der Waals surface area contributed by atoms with Crippen molar-refractivity contribution in [1.82, 2.24) is 4.90 Å². The molecule has 0 aromatic heterocycles. The van der Waals surface area contributed by atoms with Gasteiger partial charge < -0.3 is 15.3 Å². The minimum Gasteiger partial charge on any atom is -0.505 e. The Bertz CT molecular complexity index is 970. The molecule has 0 unspecified atom stereocenters. The van der Waals surface area contributed by atoms with Crippen molar-refractivity contribution in [2.75, 3.05) is 19.3 Å². The molecule has 4 N–H and O–H groups in total. The average Bonchev–Trinajstić information content (AvgIpc) is 2.69. The molecule has 1 heterocycles. The van der Waals surface area contributed by atoms with E-state index in [9.17, 15) is 28.1 Å². The van der Waals surface area contributed by atoms with Gasteiger partial charge in [0.15, 0.2) is 11.6 Å². The molecule has 2 atom stereocenters. The van der Waals surface area contributed by atoms with Crippen molar-refractivity contribution in [2.45, 2.75) is 37.5 Å². The van der Waals surface area contributed by atoms with Gasteiger partial charge in [-0.25, -0.2) is 4.39 Å². The van der Waals surface area contributed by atoms with E-state index in [0.29, 0.717) is 42.8 Å². The summed E-state index contributed by atoms with van der Waals surface area (Å²) in [5.74, 6) is -1.18. The lowest BCUT2D eigenvalue weighted by Crippen LogP contribution is -2.47. The number of aromatic hydroxyl groups is 1. The lowest BCUT2D eigenvalue weighted by Gasteiger charge is -2.42. The van der Waals surface area contributed by atoms with E-state index in [-0.39, 0.29) is 6.04 Å². The monoisotopic (exact) mass is 475 g/mol. The molecule has 1 aliphatic rings. The Kier molecular flexibility index (Phi) is 8.43. The first-order valence-corrected chi connectivity index (χ1v) is 11.8. The summed E-state index contributed by atoms with van der Waals surface area (Å²) >= 11 is 5.91. The van der Waals surface area contributed by atoms with Gasteiger partial charge in [0.2, 0.25) is 0 Å². The van der Waals surface area contributed by atoms with Crippen LogP contribution in [0.2, 0.25) is 5.02 Å². The lowest BCUT2D eigenvalue weighted by molar-refractivity contribution is -0.0502. The van der Waals surface area contributed by atoms with Crippen LogP contribution in [-0.2, 0) is 15.7 Å². The van der Waals surface area contributed by atoms with Gasteiger partial charge in [0.05, 0.1) is 18.0 Å². The zero-order valence-electron chi connectivity index (χ0n) is 17.2.